The number of amides is 3. The molecule has 8 nitrogen and oxygen atoms in total. The van der Waals surface area contributed by atoms with Crippen molar-refractivity contribution in [1.29, 1.82) is 0 Å². The van der Waals surface area contributed by atoms with Gasteiger partial charge in [-0.25, -0.2) is 4.79 Å². The fraction of sp³-hybridized carbons (Fsp3) is 0.343. The zero-order chi connectivity index (χ0) is 29.8. The highest BCUT2D eigenvalue weighted by atomic mass is 16.2. The second kappa shape index (κ2) is 12.8. The third-order valence-electron chi connectivity index (χ3n) is 8.74. The fourth-order valence-electron chi connectivity index (χ4n) is 6.41. The normalized spacial score (nSPS) is 16.4. The van der Waals surface area contributed by atoms with Crippen LogP contribution in [-0.4, -0.2) is 70.5 Å². The Bertz CT molecular complexity index is 1640. The number of carbonyl (C=O) groups is 2. The number of carbonyl (C=O) groups excluding carboxylic acids is 2. The molecule has 1 atom stereocenters. The molecule has 0 unspecified atom stereocenters. The number of urea groups is 1. The number of hydrogen-bond acceptors (Lipinski definition) is 4. The molecule has 3 aromatic carbocycles. The summed E-state index contributed by atoms with van der Waals surface area (Å²) in [6, 6.07) is 26.9. The van der Waals surface area contributed by atoms with Crippen LogP contribution in [-0.2, 0) is 6.54 Å². The Balaban J connectivity index is 1.39. The molecule has 6 rings (SSSR count). The van der Waals surface area contributed by atoms with E-state index < -0.39 is 0 Å². The Morgan fingerprint density at radius 2 is 1.33 bits per heavy atom. The van der Waals surface area contributed by atoms with E-state index in [9.17, 15) is 14.4 Å². The lowest BCUT2D eigenvalue weighted by molar-refractivity contribution is 0.0931. The predicted molar refractivity (Wildman–Crippen MR) is 170 cm³/mol. The minimum Gasteiger partial charge on any atom is -0.345 e. The third-order valence-corrected chi connectivity index (χ3v) is 8.74. The fourth-order valence-corrected chi connectivity index (χ4v) is 6.41. The number of nitrogens with one attached hydrogen (secondary N) is 1. The highest BCUT2D eigenvalue weighted by Gasteiger charge is 2.30. The Kier molecular flexibility index (Phi) is 8.56. The van der Waals surface area contributed by atoms with Gasteiger partial charge in [0.15, 0.2) is 0 Å². The summed E-state index contributed by atoms with van der Waals surface area (Å²) in [6.45, 7) is 6.70. The van der Waals surface area contributed by atoms with Crippen LogP contribution in [0.15, 0.2) is 89.7 Å². The molecule has 43 heavy (non-hydrogen) atoms. The molecule has 0 saturated carbocycles. The van der Waals surface area contributed by atoms with Gasteiger partial charge >= 0.3 is 6.03 Å². The van der Waals surface area contributed by atoms with Gasteiger partial charge in [-0.3, -0.25) is 19.1 Å². The van der Waals surface area contributed by atoms with Crippen molar-refractivity contribution in [2.24, 2.45) is 0 Å². The Hall–Kier alpha value is -4.43. The van der Waals surface area contributed by atoms with Crippen LogP contribution >= 0.6 is 0 Å². The average molecular weight is 578 g/mol. The van der Waals surface area contributed by atoms with Crippen molar-refractivity contribution in [1.82, 2.24) is 24.6 Å². The summed E-state index contributed by atoms with van der Waals surface area (Å²) in [7, 11) is 0. The minimum atomic E-state index is -0.200. The smallest absolute Gasteiger partial charge is 0.320 e. The van der Waals surface area contributed by atoms with Crippen molar-refractivity contribution < 1.29 is 9.59 Å². The van der Waals surface area contributed by atoms with Crippen LogP contribution < -0.4 is 10.9 Å². The van der Waals surface area contributed by atoms with Gasteiger partial charge in [0.1, 0.15) is 0 Å². The number of rotatable bonds is 7. The summed E-state index contributed by atoms with van der Waals surface area (Å²) >= 11 is 0. The zero-order valence-corrected chi connectivity index (χ0v) is 24.7. The molecule has 0 spiro atoms. The van der Waals surface area contributed by atoms with Crippen molar-refractivity contribution in [2.45, 2.75) is 38.8 Å². The summed E-state index contributed by atoms with van der Waals surface area (Å²) in [5, 5.41) is 4.45. The lowest BCUT2D eigenvalue weighted by atomic mass is 9.99. The van der Waals surface area contributed by atoms with Crippen LogP contribution in [0.1, 0.15) is 53.8 Å². The number of nitrogens with zero attached hydrogens (tertiary/aromatic N) is 4. The molecule has 8 heteroatoms. The van der Waals surface area contributed by atoms with Crippen LogP contribution in [0.4, 0.5) is 4.79 Å². The molecule has 1 N–H and O–H groups in total. The molecule has 3 heterocycles. The van der Waals surface area contributed by atoms with Gasteiger partial charge < -0.3 is 15.1 Å². The number of hydrogen-bond donors (Lipinski definition) is 1. The molecular weight excluding hydrogens is 538 g/mol. The molecule has 222 valence electrons. The topological polar surface area (TPSA) is 77.9 Å². The Labute approximate surface area is 252 Å². The van der Waals surface area contributed by atoms with E-state index in [2.05, 4.69) is 17.1 Å². The third kappa shape index (κ3) is 5.92. The van der Waals surface area contributed by atoms with Gasteiger partial charge in [-0.05, 0) is 43.0 Å². The van der Waals surface area contributed by atoms with Crippen molar-refractivity contribution in [3.63, 3.8) is 0 Å². The van der Waals surface area contributed by atoms with Gasteiger partial charge in [0, 0.05) is 62.3 Å². The molecule has 2 aliphatic rings. The first kappa shape index (κ1) is 28.7. The van der Waals surface area contributed by atoms with E-state index in [0.29, 0.717) is 54.8 Å². The van der Waals surface area contributed by atoms with Crippen molar-refractivity contribution >= 4 is 22.7 Å². The molecule has 0 aliphatic carbocycles. The van der Waals surface area contributed by atoms with E-state index in [-0.39, 0.29) is 23.5 Å². The van der Waals surface area contributed by atoms with Crippen LogP contribution in [0.2, 0.25) is 0 Å². The maximum Gasteiger partial charge on any atom is 0.320 e. The second-order valence-electron chi connectivity index (χ2n) is 11.4. The number of para-hydroxylation sites is 1. The molecule has 0 radical (unpaired) electrons. The maximum absolute atomic E-state index is 14.3. The van der Waals surface area contributed by atoms with Crippen molar-refractivity contribution in [3.05, 3.63) is 112 Å². The molecule has 4 aromatic rings. The van der Waals surface area contributed by atoms with E-state index in [0.717, 1.165) is 43.6 Å². The summed E-state index contributed by atoms with van der Waals surface area (Å²) in [4.78, 5) is 47.6. The van der Waals surface area contributed by atoms with Crippen LogP contribution in [0.5, 0.6) is 0 Å². The van der Waals surface area contributed by atoms with Crippen LogP contribution in [0, 0.1) is 0 Å². The van der Waals surface area contributed by atoms with E-state index in [4.69, 9.17) is 0 Å². The lowest BCUT2D eigenvalue weighted by Crippen LogP contribution is -2.52. The minimum absolute atomic E-state index is 0.121. The Morgan fingerprint density at radius 3 is 1.98 bits per heavy atom. The number of pyridine rings is 1. The Morgan fingerprint density at radius 1 is 0.744 bits per heavy atom. The SMILES string of the molecule is CC[C@H](NC(=O)c1c(CN2CCN(C(=O)N3CCCC3)CC2)n(-c2ccccc2)c(=O)c2ccccc12)c1ccccc1. The van der Waals surface area contributed by atoms with Gasteiger partial charge in [0.25, 0.3) is 11.5 Å². The monoisotopic (exact) mass is 577 g/mol. The summed E-state index contributed by atoms with van der Waals surface area (Å²) in [5.41, 5.74) is 2.80. The highest BCUT2D eigenvalue weighted by Crippen LogP contribution is 2.26. The summed E-state index contributed by atoms with van der Waals surface area (Å²) in [5.74, 6) is -0.200. The largest absolute Gasteiger partial charge is 0.345 e. The highest BCUT2D eigenvalue weighted by molar-refractivity contribution is 6.08. The van der Waals surface area contributed by atoms with Gasteiger partial charge in [-0.15, -0.1) is 0 Å². The zero-order valence-electron chi connectivity index (χ0n) is 24.7. The van der Waals surface area contributed by atoms with E-state index in [1.54, 1.807) is 10.6 Å². The van der Waals surface area contributed by atoms with Crippen LogP contribution in [0.25, 0.3) is 16.5 Å². The number of likely N-dealkylation sites (tertiary alicyclic amines) is 1. The first-order valence-corrected chi connectivity index (χ1v) is 15.4. The first-order chi connectivity index (χ1) is 21.0. The molecule has 0 bridgehead atoms. The summed E-state index contributed by atoms with van der Waals surface area (Å²) in [6.07, 6.45) is 2.87. The van der Waals surface area contributed by atoms with Crippen molar-refractivity contribution in [3.8, 4) is 5.69 Å². The molecule has 2 saturated heterocycles. The number of aromatic nitrogens is 1. The van der Waals surface area contributed by atoms with E-state index >= 15 is 0 Å². The molecule has 2 aliphatic heterocycles. The van der Waals surface area contributed by atoms with Gasteiger partial charge in [-0.2, -0.15) is 0 Å². The first-order valence-electron chi connectivity index (χ1n) is 15.4. The van der Waals surface area contributed by atoms with E-state index in [1.165, 1.54) is 0 Å². The summed E-state index contributed by atoms with van der Waals surface area (Å²) < 4.78 is 1.71. The molecule has 2 fully saturated rings. The molecule has 1 aromatic heterocycles. The van der Waals surface area contributed by atoms with Gasteiger partial charge in [-0.1, -0.05) is 73.7 Å². The van der Waals surface area contributed by atoms with Gasteiger partial charge in [0.2, 0.25) is 0 Å². The van der Waals surface area contributed by atoms with Gasteiger partial charge in [0.05, 0.1) is 17.3 Å². The number of benzene rings is 3. The standard InChI is InChI=1S/C35H39N5O3/c1-2-30(26-13-5-3-6-14-26)36-33(41)32-28-17-9-10-18-29(28)34(42)40(27-15-7-4-8-16-27)31(32)25-37-21-23-39(24-22-37)35(43)38-19-11-12-20-38/h3-10,13-18,30H,2,11-12,19-25H2,1H3,(H,36,41)/t30-/m0/s1. The van der Waals surface area contributed by atoms with Crippen LogP contribution in [0.3, 0.4) is 0 Å². The quantitative estimate of drug-likeness (QED) is 0.327. The molecular formula is C35H39N5O3. The average Bonchev–Trinajstić information content (AvgIpc) is 3.60. The lowest BCUT2D eigenvalue weighted by Gasteiger charge is -2.37. The maximum atomic E-state index is 14.3. The van der Waals surface area contributed by atoms with Crippen molar-refractivity contribution in [2.75, 3.05) is 39.3 Å². The predicted octanol–water partition coefficient (Wildman–Crippen LogP) is 5.21. The second-order valence-corrected chi connectivity index (χ2v) is 11.4. The number of fused-ring (bicyclic) bond motifs is 1. The van der Waals surface area contributed by atoms with E-state index in [1.807, 2.05) is 88.7 Å². The number of piperazine rings is 1. The molecule has 3 amide bonds.